The van der Waals surface area contributed by atoms with Gasteiger partial charge < -0.3 is 9.47 Å². The van der Waals surface area contributed by atoms with E-state index in [0.29, 0.717) is 18.9 Å². The number of esters is 1. The Kier molecular flexibility index (Phi) is 8.44. The Labute approximate surface area is 214 Å². The molecule has 1 aliphatic carbocycles. The first-order valence-corrected chi connectivity index (χ1v) is 13.4. The molecule has 1 aliphatic heterocycles. The van der Waals surface area contributed by atoms with Gasteiger partial charge in [0.15, 0.2) is 6.10 Å². The minimum absolute atomic E-state index is 0.193. The monoisotopic (exact) mass is 490 g/mol. The van der Waals surface area contributed by atoms with E-state index >= 15 is 0 Å². The molecule has 36 heavy (non-hydrogen) atoms. The van der Waals surface area contributed by atoms with Crippen molar-refractivity contribution < 1.29 is 19.1 Å². The molecule has 0 radical (unpaired) electrons. The van der Waals surface area contributed by atoms with E-state index in [1.165, 1.54) is 6.42 Å². The van der Waals surface area contributed by atoms with Gasteiger partial charge in [0.25, 0.3) is 5.91 Å². The highest BCUT2D eigenvalue weighted by Gasteiger charge is 2.48. The van der Waals surface area contributed by atoms with Crippen molar-refractivity contribution >= 4 is 17.7 Å². The third kappa shape index (κ3) is 5.80. The molecule has 6 nitrogen and oxygen atoms in total. The van der Waals surface area contributed by atoms with Crippen LogP contribution in [0.3, 0.4) is 0 Å². The summed E-state index contributed by atoms with van der Waals surface area (Å²) in [5.74, 6) is 1.40. The molecule has 1 heterocycles. The average Bonchev–Trinajstić information content (AvgIpc) is 3.13. The molecular weight excluding hydrogens is 452 g/mol. The van der Waals surface area contributed by atoms with Crippen LogP contribution in [0.2, 0.25) is 0 Å². The van der Waals surface area contributed by atoms with Crippen LogP contribution in [-0.4, -0.2) is 40.9 Å². The van der Waals surface area contributed by atoms with Gasteiger partial charge in [0.1, 0.15) is 17.1 Å². The van der Waals surface area contributed by atoms with E-state index in [-0.39, 0.29) is 11.9 Å². The van der Waals surface area contributed by atoms with E-state index in [9.17, 15) is 9.59 Å². The fourth-order valence-electron chi connectivity index (χ4n) is 5.12. The van der Waals surface area contributed by atoms with Crippen LogP contribution in [0, 0.1) is 0 Å². The summed E-state index contributed by atoms with van der Waals surface area (Å²) < 4.78 is 10.8. The highest BCUT2D eigenvalue weighted by Crippen LogP contribution is 2.39. The van der Waals surface area contributed by atoms with E-state index in [1.807, 2.05) is 29.2 Å². The number of hydrogen-bond donors (Lipinski definition) is 0. The largest absolute Gasteiger partial charge is 0.479 e. The molecule has 1 atom stereocenters. The fourth-order valence-corrected chi connectivity index (χ4v) is 5.12. The van der Waals surface area contributed by atoms with Gasteiger partial charge in [0, 0.05) is 6.42 Å². The van der Waals surface area contributed by atoms with Crippen molar-refractivity contribution in [2.45, 2.75) is 90.3 Å². The zero-order valence-corrected chi connectivity index (χ0v) is 21.8. The summed E-state index contributed by atoms with van der Waals surface area (Å²) in [5.41, 5.74) is 2.62. The molecule has 0 N–H and O–H groups in total. The Morgan fingerprint density at radius 3 is 2.50 bits per heavy atom. The van der Waals surface area contributed by atoms with Crippen molar-refractivity contribution in [3.63, 3.8) is 0 Å². The Morgan fingerprint density at radius 1 is 1.06 bits per heavy atom. The SMILES string of the molecule is CCCCC1=NC2(CCCCC2)C(=O)N1Cc1ccc(-c2cccc(OC(C)C(=O)OCC)c2)cc1. The van der Waals surface area contributed by atoms with Crippen molar-refractivity contribution in [3.05, 3.63) is 54.1 Å². The molecule has 2 aromatic carbocycles. The number of nitrogens with zero attached hydrogens (tertiary/aromatic N) is 2. The Bertz CT molecular complexity index is 1090. The van der Waals surface area contributed by atoms with Crippen molar-refractivity contribution in [3.8, 4) is 16.9 Å². The summed E-state index contributed by atoms with van der Waals surface area (Å²) in [5, 5.41) is 0. The van der Waals surface area contributed by atoms with Gasteiger partial charge in [-0.2, -0.15) is 0 Å². The molecule has 2 aromatic rings. The number of carbonyl (C=O) groups excluding carboxylic acids is 2. The van der Waals surface area contributed by atoms with E-state index < -0.39 is 11.6 Å². The Hall–Kier alpha value is -3.15. The van der Waals surface area contributed by atoms with Crippen LogP contribution in [0.1, 0.15) is 77.7 Å². The predicted molar refractivity (Wildman–Crippen MR) is 142 cm³/mol. The van der Waals surface area contributed by atoms with Crippen LogP contribution in [0.4, 0.5) is 0 Å². The van der Waals surface area contributed by atoms with Crippen LogP contribution >= 0.6 is 0 Å². The zero-order chi connectivity index (χ0) is 25.5. The molecule has 0 aromatic heterocycles. The minimum Gasteiger partial charge on any atom is -0.479 e. The average molecular weight is 491 g/mol. The Morgan fingerprint density at radius 2 is 1.81 bits per heavy atom. The molecule has 1 fully saturated rings. The fraction of sp³-hybridized carbons (Fsp3) is 0.500. The molecule has 1 saturated carbocycles. The van der Waals surface area contributed by atoms with Crippen LogP contribution in [0.25, 0.3) is 11.1 Å². The number of amidine groups is 1. The smallest absolute Gasteiger partial charge is 0.347 e. The van der Waals surface area contributed by atoms with E-state index in [1.54, 1.807) is 13.8 Å². The van der Waals surface area contributed by atoms with Crippen LogP contribution < -0.4 is 4.74 Å². The maximum Gasteiger partial charge on any atom is 0.347 e. The molecule has 0 saturated heterocycles. The Balaban J connectivity index is 1.46. The second-order valence-corrected chi connectivity index (χ2v) is 9.85. The van der Waals surface area contributed by atoms with Gasteiger partial charge in [-0.1, -0.05) is 69.0 Å². The number of amides is 1. The minimum atomic E-state index is -0.670. The molecule has 6 heteroatoms. The summed E-state index contributed by atoms with van der Waals surface area (Å²) in [7, 11) is 0. The highest BCUT2D eigenvalue weighted by molar-refractivity contribution is 6.08. The second-order valence-electron chi connectivity index (χ2n) is 9.85. The van der Waals surface area contributed by atoms with Crippen molar-refractivity contribution in [1.82, 2.24) is 4.90 Å². The van der Waals surface area contributed by atoms with Gasteiger partial charge in [-0.05, 0) is 61.9 Å². The van der Waals surface area contributed by atoms with Crippen LogP contribution in [-0.2, 0) is 20.9 Å². The highest BCUT2D eigenvalue weighted by atomic mass is 16.6. The van der Waals surface area contributed by atoms with E-state index in [4.69, 9.17) is 14.5 Å². The lowest BCUT2D eigenvalue weighted by atomic mass is 9.82. The predicted octanol–water partition coefficient (Wildman–Crippen LogP) is 6.32. The number of aliphatic imine (C=N–C) groups is 1. The maximum atomic E-state index is 13.5. The molecule has 2 aliphatic rings. The third-order valence-corrected chi connectivity index (χ3v) is 7.13. The number of ether oxygens (including phenoxy) is 2. The van der Waals surface area contributed by atoms with E-state index in [2.05, 4.69) is 31.2 Å². The summed E-state index contributed by atoms with van der Waals surface area (Å²) in [6.07, 6.45) is 7.45. The molecule has 0 bridgehead atoms. The van der Waals surface area contributed by atoms with Gasteiger partial charge in [-0.3, -0.25) is 14.7 Å². The van der Waals surface area contributed by atoms with Crippen molar-refractivity contribution in [2.24, 2.45) is 4.99 Å². The summed E-state index contributed by atoms with van der Waals surface area (Å²) in [6.45, 7) is 6.53. The number of carbonyl (C=O) groups is 2. The van der Waals surface area contributed by atoms with Gasteiger partial charge >= 0.3 is 5.97 Å². The molecule has 1 spiro atoms. The number of benzene rings is 2. The van der Waals surface area contributed by atoms with Crippen LogP contribution in [0.5, 0.6) is 5.75 Å². The first-order chi connectivity index (χ1) is 17.5. The first kappa shape index (κ1) is 25.9. The molecule has 4 rings (SSSR count). The lowest BCUT2D eigenvalue weighted by molar-refractivity contribution is -0.150. The molecule has 1 amide bonds. The quantitative estimate of drug-likeness (QED) is 0.366. The van der Waals surface area contributed by atoms with Crippen molar-refractivity contribution in [1.29, 1.82) is 0 Å². The number of unbranched alkanes of at least 4 members (excludes halogenated alkanes) is 1. The normalized spacial score (nSPS) is 17.7. The topological polar surface area (TPSA) is 68.2 Å². The lowest BCUT2D eigenvalue weighted by Crippen LogP contribution is -2.43. The zero-order valence-electron chi connectivity index (χ0n) is 21.8. The van der Waals surface area contributed by atoms with E-state index in [0.717, 1.165) is 67.5 Å². The second kappa shape index (κ2) is 11.7. The van der Waals surface area contributed by atoms with Gasteiger partial charge in [0.2, 0.25) is 0 Å². The van der Waals surface area contributed by atoms with Gasteiger partial charge in [-0.25, -0.2) is 4.79 Å². The molecule has 1 unspecified atom stereocenters. The first-order valence-electron chi connectivity index (χ1n) is 13.4. The molecule has 192 valence electrons. The maximum absolute atomic E-state index is 13.5. The summed E-state index contributed by atoms with van der Waals surface area (Å²) in [4.78, 5) is 32.4. The number of hydrogen-bond acceptors (Lipinski definition) is 5. The standard InChI is InChI=1S/C30H38N2O4/c1-4-6-13-27-31-30(18-8-7-9-19-30)29(34)32(27)21-23-14-16-24(17-15-23)25-11-10-12-26(20-25)36-22(3)28(33)35-5-2/h10-12,14-17,20,22H,4-9,13,18-19,21H2,1-3H3. The van der Waals surface area contributed by atoms with Gasteiger partial charge in [0.05, 0.1) is 13.2 Å². The lowest BCUT2D eigenvalue weighted by Gasteiger charge is -2.29. The summed E-state index contributed by atoms with van der Waals surface area (Å²) >= 11 is 0. The van der Waals surface area contributed by atoms with Crippen molar-refractivity contribution in [2.75, 3.05) is 6.61 Å². The number of rotatable bonds is 10. The third-order valence-electron chi connectivity index (χ3n) is 7.13. The molecular formula is C30H38N2O4. The van der Waals surface area contributed by atoms with Gasteiger partial charge in [-0.15, -0.1) is 0 Å². The summed E-state index contributed by atoms with van der Waals surface area (Å²) in [6, 6.07) is 16.0. The van der Waals surface area contributed by atoms with Crippen LogP contribution in [0.15, 0.2) is 53.5 Å².